The number of sulfonamides is 1. The number of nitrogens with zero attached hydrogens (tertiary/aromatic N) is 1. The highest BCUT2D eigenvalue weighted by Crippen LogP contribution is 2.41. The van der Waals surface area contributed by atoms with Crippen molar-refractivity contribution in [3.05, 3.63) is 95.6 Å². The zero-order valence-corrected chi connectivity index (χ0v) is 26.4. The van der Waals surface area contributed by atoms with Gasteiger partial charge in [0.25, 0.3) is 0 Å². The first-order valence-electron chi connectivity index (χ1n) is 14.4. The average Bonchev–Trinajstić information content (AvgIpc) is 2.98. The van der Waals surface area contributed by atoms with Gasteiger partial charge in [0.2, 0.25) is 16.3 Å². The molecule has 47 heavy (non-hydrogen) atoms. The Kier molecular flexibility index (Phi) is 10.5. The number of alkyl carbamates (subject to hydrolysis) is 1. The van der Waals surface area contributed by atoms with E-state index in [1.165, 1.54) is 43.3 Å². The highest BCUT2D eigenvalue weighted by atomic mass is 32.2. The van der Waals surface area contributed by atoms with Gasteiger partial charge in [-0.3, -0.25) is 4.79 Å². The molecule has 0 radical (unpaired) electrons. The van der Waals surface area contributed by atoms with Crippen LogP contribution in [0.2, 0.25) is 0 Å². The van der Waals surface area contributed by atoms with Gasteiger partial charge in [0.05, 0.1) is 29.5 Å². The molecule has 0 aliphatic carbocycles. The molecule has 1 heterocycles. The van der Waals surface area contributed by atoms with Gasteiger partial charge in [-0.15, -0.1) is 0 Å². The van der Waals surface area contributed by atoms with Crippen LogP contribution in [0, 0.1) is 5.92 Å². The summed E-state index contributed by atoms with van der Waals surface area (Å²) in [5.41, 5.74) is -1.37. The molecule has 2 atom stereocenters. The van der Waals surface area contributed by atoms with E-state index < -0.39 is 63.6 Å². The summed E-state index contributed by atoms with van der Waals surface area (Å²) in [6, 6.07) is 16.8. The van der Waals surface area contributed by atoms with E-state index in [0.717, 1.165) is 16.4 Å². The van der Waals surface area contributed by atoms with Gasteiger partial charge in [-0.2, -0.15) is 17.5 Å². The van der Waals surface area contributed by atoms with E-state index in [1.807, 2.05) is 0 Å². The number of carbonyl (C=O) groups excluding carboxylic acids is 2. The van der Waals surface area contributed by atoms with Crippen molar-refractivity contribution in [3.8, 4) is 5.75 Å². The summed E-state index contributed by atoms with van der Waals surface area (Å²) in [5.74, 6) is -2.61. The van der Waals surface area contributed by atoms with Gasteiger partial charge >= 0.3 is 24.2 Å². The van der Waals surface area contributed by atoms with Crippen LogP contribution >= 0.6 is 0 Å². The molecule has 0 aromatic heterocycles. The Morgan fingerprint density at radius 2 is 1.60 bits per heavy atom. The van der Waals surface area contributed by atoms with E-state index in [1.54, 1.807) is 44.2 Å². The van der Waals surface area contributed by atoms with Crippen LogP contribution < -0.4 is 10.1 Å². The minimum absolute atomic E-state index is 0.0825. The van der Waals surface area contributed by atoms with Gasteiger partial charge in [-0.1, -0.05) is 62.4 Å². The summed E-state index contributed by atoms with van der Waals surface area (Å²) in [5, 5.41) is 11.9. The minimum Gasteiger partial charge on any atom is -0.480 e. The van der Waals surface area contributed by atoms with E-state index in [-0.39, 0.29) is 35.7 Å². The average molecular weight is 679 g/mol. The van der Waals surface area contributed by atoms with Crippen LogP contribution in [0.25, 0.3) is 0 Å². The molecule has 2 N–H and O–H groups in total. The van der Waals surface area contributed by atoms with Crippen LogP contribution in [-0.4, -0.2) is 61.3 Å². The number of carboxylic acid groups (broad SMARTS) is 1. The fraction of sp³-hybridized carbons (Fsp3) is 0.344. The molecule has 1 fully saturated rings. The Hall–Kier alpha value is -4.63. The number of carboxylic acids is 1. The van der Waals surface area contributed by atoms with E-state index in [4.69, 9.17) is 14.2 Å². The van der Waals surface area contributed by atoms with Gasteiger partial charge in [0.15, 0.2) is 5.60 Å². The molecule has 0 spiro atoms. The summed E-state index contributed by atoms with van der Waals surface area (Å²) in [6.07, 6.45) is -7.37. The fourth-order valence-electron chi connectivity index (χ4n) is 4.77. The summed E-state index contributed by atoms with van der Waals surface area (Å²) in [6.45, 7) is 4.02. The largest absolute Gasteiger partial charge is 0.480 e. The second kappa shape index (κ2) is 14.0. The predicted molar refractivity (Wildman–Crippen MR) is 161 cm³/mol. The molecule has 0 saturated carbocycles. The lowest BCUT2D eigenvalue weighted by Crippen LogP contribution is -2.64. The number of halogens is 3. The van der Waals surface area contributed by atoms with Crippen molar-refractivity contribution in [3.63, 3.8) is 0 Å². The predicted octanol–water partition coefficient (Wildman–Crippen LogP) is 4.95. The molecule has 1 saturated heterocycles. The number of nitrogens with one attached hydrogen (secondary N) is 1. The van der Waals surface area contributed by atoms with Gasteiger partial charge in [0.1, 0.15) is 11.8 Å². The lowest BCUT2D eigenvalue weighted by molar-refractivity contribution is -0.169. The SMILES string of the molecule is CC(OC(=O)N[C@@H](Cc1cccc(S(=O)(=O)N2CC(Oc3cccc(C(F)(F)F)c3)(c3ccccc3)C2)c1)C(=O)O)OC(=O)C(C)C. The van der Waals surface area contributed by atoms with E-state index in [2.05, 4.69) is 5.32 Å². The van der Waals surface area contributed by atoms with Crippen LogP contribution in [-0.2, 0) is 47.3 Å². The first-order chi connectivity index (χ1) is 22.0. The molecule has 1 aliphatic heterocycles. The molecule has 252 valence electrons. The topological polar surface area (TPSA) is 149 Å². The Morgan fingerprint density at radius 1 is 0.936 bits per heavy atom. The van der Waals surface area contributed by atoms with Gasteiger partial charge in [-0.05, 0) is 41.5 Å². The Morgan fingerprint density at radius 3 is 2.21 bits per heavy atom. The number of ether oxygens (including phenoxy) is 3. The number of rotatable bonds is 12. The van der Waals surface area contributed by atoms with Gasteiger partial charge in [-0.25, -0.2) is 18.0 Å². The number of esters is 1. The van der Waals surface area contributed by atoms with Crippen molar-refractivity contribution in [2.45, 2.75) is 56.2 Å². The van der Waals surface area contributed by atoms with E-state index in [9.17, 15) is 41.1 Å². The van der Waals surface area contributed by atoms with Crippen LogP contribution in [0.5, 0.6) is 5.75 Å². The zero-order valence-electron chi connectivity index (χ0n) is 25.6. The molecule has 4 rings (SSSR count). The van der Waals surface area contributed by atoms with E-state index >= 15 is 0 Å². The quantitative estimate of drug-likeness (QED) is 0.201. The number of hydrogen-bond donors (Lipinski definition) is 2. The standard InChI is InChI=1S/C32H33F3N2O9S/c1-20(2)29(40)44-21(3)45-30(41)36-27(28(38)39)16-22-9-7-14-26(15-22)47(42,43)37-18-31(19-37,23-10-5-4-6-11-23)46-25-13-8-12-24(17-25)32(33,34)35/h4-15,17,20-21,27H,16,18-19H2,1-3H3,(H,36,41)(H,38,39)/t21?,27-/m0/s1. The van der Waals surface area contributed by atoms with Crippen LogP contribution in [0.1, 0.15) is 37.5 Å². The third kappa shape index (κ3) is 8.60. The first kappa shape index (κ1) is 35.2. The maximum Gasteiger partial charge on any atom is 0.416 e. The van der Waals surface area contributed by atoms with Crippen LogP contribution in [0.3, 0.4) is 0 Å². The molecule has 11 nitrogen and oxygen atoms in total. The van der Waals surface area contributed by atoms with Gasteiger partial charge in [0, 0.05) is 13.3 Å². The third-order valence-corrected chi connectivity index (χ3v) is 9.02. The summed E-state index contributed by atoms with van der Waals surface area (Å²) < 4.78 is 84.4. The number of benzene rings is 3. The zero-order chi connectivity index (χ0) is 34.6. The van der Waals surface area contributed by atoms with Crippen molar-refractivity contribution in [2.24, 2.45) is 5.92 Å². The normalized spacial score (nSPS) is 16.0. The molecule has 15 heteroatoms. The minimum atomic E-state index is -4.60. The molecule has 1 unspecified atom stereocenters. The molecule has 3 aromatic carbocycles. The Balaban J connectivity index is 1.49. The second-order valence-electron chi connectivity index (χ2n) is 11.2. The summed E-state index contributed by atoms with van der Waals surface area (Å²) in [7, 11) is -4.18. The molecular formula is C32H33F3N2O9S. The number of carbonyl (C=O) groups is 3. The summed E-state index contributed by atoms with van der Waals surface area (Å²) >= 11 is 0. The number of alkyl halides is 3. The highest BCUT2D eigenvalue weighted by molar-refractivity contribution is 7.89. The summed E-state index contributed by atoms with van der Waals surface area (Å²) in [4.78, 5) is 35.7. The van der Waals surface area contributed by atoms with Crippen LogP contribution in [0.15, 0.2) is 83.8 Å². The lowest BCUT2D eigenvalue weighted by atomic mass is 9.87. The molecular weight excluding hydrogens is 645 g/mol. The number of hydrogen-bond acceptors (Lipinski definition) is 8. The number of aliphatic carboxylic acids is 1. The second-order valence-corrected chi connectivity index (χ2v) is 13.2. The fourth-order valence-corrected chi connectivity index (χ4v) is 6.38. The molecule has 1 aliphatic rings. The van der Waals surface area contributed by atoms with Crippen LogP contribution in [0.4, 0.5) is 18.0 Å². The number of amides is 1. The van der Waals surface area contributed by atoms with Crippen molar-refractivity contribution < 1.29 is 55.3 Å². The Labute approximate surface area is 269 Å². The lowest BCUT2D eigenvalue weighted by Gasteiger charge is -2.49. The molecule has 3 aromatic rings. The van der Waals surface area contributed by atoms with E-state index in [0.29, 0.717) is 5.56 Å². The van der Waals surface area contributed by atoms with Crippen molar-refractivity contribution in [1.29, 1.82) is 0 Å². The highest BCUT2D eigenvalue weighted by Gasteiger charge is 2.52. The van der Waals surface area contributed by atoms with Crippen molar-refractivity contribution in [1.82, 2.24) is 9.62 Å². The van der Waals surface area contributed by atoms with Gasteiger partial charge < -0.3 is 24.6 Å². The maximum atomic E-state index is 13.7. The smallest absolute Gasteiger partial charge is 0.416 e. The Bertz CT molecular complexity index is 1710. The molecule has 1 amide bonds. The monoisotopic (exact) mass is 678 g/mol. The van der Waals surface area contributed by atoms with Crippen molar-refractivity contribution >= 4 is 28.1 Å². The maximum absolute atomic E-state index is 13.7. The molecule has 0 bridgehead atoms. The van der Waals surface area contributed by atoms with Crippen molar-refractivity contribution in [2.75, 3.05) is 13.1 Å². The first-order valence-corrected chi connectivity index (χ1v) is 15.9. The third-order valence-electron chi connectivity index (χ3n) is 7.23.